The largest absolute Gasteiger partial charge is 0.354 e. The van der Waals surface area contributed by atoms with Crippen LogP contribution in [0.15, 0.2) is 21.7 Å². The Morgan fingerprint density at radius 3 is 2.63 bits per heavy atom. The van der Waals surface area contributed by atoms with Crippen LogP contribution in [0.2, 0.25) is 0 Å². The average Bonchev–Trinajstić information content (AvgIpc) is 3.59. The van der Waals surface area contributed by atoms with E-state index in [1.54, 1.807) is 0 Å². The molecular weight excluding hydrogens is 414 g/mol. The van der Waals surface area contributed by atoms with Crippen LogP contribution in [-0.2, 0) is 22.8 Å². The third-order valence-electron chi connectivity index (χ3n) is 5.77. The van der Waals surface area contributed by atoms with Gasteiger partial charge in [-0.3, -0.25) is 4.98 Å². The summed E-state index contributed by atoms with van der Waals surface area (Å²) < 4.78 is 42.1. The molecule has 2 aromatic rings. The van der Waals surface area contributed by atoms with E-state index in [-0.39, 0.29) is 5.03 Å². The van der Waals surface area contributed by atoms with Crippen LogP contribution >= 0.6 is 0 Å². The van der Waals surface area contributed by atoms with Gasteiger partial charge in [-0.25, -0.2) is 18.8 Å². The molecule has 0 radical (unpaired) electrons. The molecule has 3 N–H and O–H groups in total. The maximum Gasteiger partial charge on any atom is 0.354 e. The van der Waals surface area contributed by atoms with E-state index in [2.05, 4.69) is 14.8 Å². The van der Waals surface area contributed by atoms with Gasteiger partial charge in [0.25, 0.3) is 0 Å². The van der Waals surface area contributed by atoms with Crippen molar-refractivity contribution in [1.29, 1.82) is 0 Å². The number of aryl methyl sites for hydroxylation is 1. The fraction of sp³-hybridized carbons (Fsp3) is 0.526. The minimum Gasteiger partial charge on any atom is -0.305 e. The zero-order valence-electron chi connectivity index (χ0n) is 16.2. The summed E-state index contributed by atoms with van der Waals surface area (Å²) in [6, 6.07) is 0.217. The molecule has 2 heterocycles. The number of fused-ring (bicyclic) bond motifs is 1. The lowest BCUT2D eigenvalue weighted by atomic mass is 9.98. The first-order chi connectivity index (χ1) is 14.3. The van der Waals surface area contributed by atoms with Crippen molar-refractivity contribution in [2.75, 3.05) is 5.32 Å². The Hall–Kier alpha value is -2.40. The van der Waals surface area contributed by atoms with Gasteiger partial charge in [0.1, 0.15) is 0 Å². The summed E-state index contributed by atoms with van der Waals surface area (Å²) in [7, 11) is -3.76. The van der Waals surface area contributed by atoms with Crippen LogP contribution in [0.25, 0.3) is 0 Å². The molecule has 2 fully saturated rings. The van der Waals surface area contributed by atoms with Crippen LogP contribution in [0, 0.1) is 0 Å². The zero-order chi connectivity index (χ0) is 21.0. The Bertz CT molecular complexity index is 1150. The van der Waals surface area contributed by atoms with Gasteiger partial charge in [0.15, 0.2) is 14.9 Å². The third-order valence-corrected chi connectivity index (χ3v) is 7.03. The van der Waals surface area contributed by atoms with E-state index in [9.17, 15) is 17.8 Å². The lowest BCUT2D eigenvalue weighted by Gasteiger charge is -2.18. The number of amides is 2. The first-order valence-corrected chi connectivity index (χ1v) is 11.7. The normalized spacial score (nSPS) is 20.1. The molecule has 0 saturated heterocycles. The SMILES string of the molecule is N[S@@](=O)(=NC(=O)Nc1c2c(nc(C3CC3)c1C1CC1)CCC2)c1ccn(C(F)F)n1. The van der Waals surface area contributed by atoms with Gasteiger partial charge in [0.2, 0.25) is 0 Å². The van der Waals surface area contributed by atoms with E-state index in [0.717, 1.165) is 85.4 Å². The van der Waals surface area contributed by atoms with Gasteiger partial charge in [0.05, 0.1) is 5.69 Å². The Kier molecular flexibility index (Phi) is 4.62. The highest BCUT2D eigenvalue weighted by molar-refractivity contribution is 7.91. The lowest BCUT2D eigenvalue weighted by molar-refractivity contribution is 0.0554. The molecule has 0 spiro atoms. The molecule has 0 aliphatic heterocycles. The summed E-state index contributed by atoms with van der Waals surface area (Å²) in [6.45, 7) is -2.90. The molecule has 0 aromatic carbocycles. The number of rotatable bonds is 5. The molecule has 160 valence electrons. The molecule has 1 atom stereocenters. The number of hydrogen-bond donors (Lipinski definition) is 2. The second-order valence-electron chi connectivity index (χ2n) is 8.11. The summed E-state index contributed by atoms with van der Waals surface area (Å²) in [5.41, 5.74) is 4.95. The predicted molar refractivity (Wildman–Crippen MR) is 106 cm³/mol. The van der Waals surface area contributed by atoms with E-state index in [1.165, 1.54) is 0 Å². The average molecular weight is 436 g/mol. The molecule has 30 heavy (non-hydrogen) atoms. The number of hydrogen-bond acceptors (Lipinski definition) is 4. The number of carbonyl (C=O) groups excluding carboxylic acids is 1. The smallest absolute Gasteiger partial charge is 0.305 e. The summed E-state index contributed by atoms with van der Waals surface area (Å²) in [4.78, 5) is 17.6. The first-order valence-electron chi connectivity index (χ1n) is 10.1. The van der Waals surface area contributed by atoms with Gasteiger partial charge in [-0.1, -0.05) is 0 Å². The summed E-state index contributed by atoms with van der Waals surface area (Å²) in [5.74, 6) is 0.814. The minimum absolute atomic E-state index is 0.318. The summed E-state index contributed by atoms with van der Waals surface area (Å²) >= 11 is 0. The molecule has 11 heteroatoms. The van der Waals surface area contributed by atoms with Crippen LogP contribution in [0.4, 0.5) is 19.3 Å². The van der Waals surface area contributed by atoms with E-state index >= 15 is 0 Å². The highest BCUT2D eigenvalue weighted by atomic mass is 32.2. The minimum atomic E-state index is -3.76. The van der Waals surface area contributed by atoms with Crippen molar-refractivity contribution in [3.63, 3.8) is 0 Å². The standard InChI is InChI=1S/C19H22F2N6O2S/c20-18(21)27-9-8-14(25-27)30(22,29)26-19(28)24-17-12-2-1-3-13(12)23-16(11-6-7-11)15(17)10-4-5-10/h8-11,18H,1-7H2,(H3,22,23,24,26,28,29)/t30-/m1/s1. The molecule has 8 nitrogen and oxygen atoms in total. The van der Waals surface area contributed by atoms with Crippen LogP contribution in [0.3, 0.4) is 0 Å². The van der Waals surface area contributed by atoms with Crippen LogP contribution < -0.4 is 10.5 Å². The van der Waals surface area contributed by atoms with Crippen LogP contribution in [0.1, 0.15) is 73.0 Å². The topological polar surface area (TPSA) is 115 Å². The maximum absolute atomic E-state index is 12.7. The fourth-order valence-corrected chi connectivity index (χ4v) is 4.95. The van der Waals surface area contributed by atoms with Crippen molar-refractivity contribution in [3.8, 4) is 0 Å². The Morgan fingerprint density at radius 1 is 1.27 bits per heavy atom. The molecule has 2 saturated carbocycles. The van der Waals surface area contributed by atoms with Gasteiger partial charge >= 0.3 is 12.6 Å². The molecule has 0 bridgehead atoms. The van der Waals surface area contributed by atoms with Crippen LogP contribution in [0.5, 0.6) is 0 Å². The summed E-state index contributed by atoms with van der Waals surface area (Å²) in [6.07, 6.45) is 7.93. The van der Waals surface area contributed by atoms with Crippen molar-refractivity contribution in [1.82, 2.24) is 14.8 Å². The van der Waals surface area contributed by atoms with E-state index in [0.29, 0.717) is 16.5 Å². The second kappa shape index (κ2) is 7.09. The summed E-state index contributed by atoms with van der Waals surface area (Å²) in [5, 5.41) is 11.6. The number of alkyl halides is 2. The quantitative estimate of drug-likeness (QED) is 0.741. The van der Waals surface area contributed by atoms with Crippen molar-refractivity contribution in [2.45, 2.75) is 68.4 Å². The highest BCUT2D eigenvalue weighted by Crippen LogP contribution is 2.52. The Morgan fingerprint density at radius 2 is 2.00 bits per heavy atom. The van der Waals surface area contributed by atoms with Gasteiger partial charge < -0.3 is 5.32 Å². The van der Waals surface area contributed by atoms with Gasteiger partial charge in [-0.2, -0.15) is 13.9 Å². The number of nitrogens with zero attached hydrogens (tertiary/aromatic N) is 4. The monoisotopic (exact) mass is 436 g/mol. The van der Waals surface area contributed by atoms with Crippen LogP contribution in [-0.4, -0.2) is 25.0 Å². The molecule has 2 amide bonds. The fourth-order valence-electron chi connectivity index (χ4n) is 4.10. The van der Waals surface area contributed by atoms with E-state index in [4.69, 9.17) is 10.1 Å². The highest BCUT2D eigenvalue weighted by Gasteiger charge is 2.38. The molecule has 3 aliphatic rings. The number of carbonyl (C=O) groups is 1. The van der Waals surface area contributed by atoms with Crippen molar-refractivity contribution < 1.29 is 17.8 Å². The number of nitrogens with two attached hydrogens (primary N) is 1. The van der Waals surface area contributed by atoms with Crippen molar-refractivity contribution >= 4 is 21.6 Å². The maximum atomic E-state index is 12.7. The second-order valence-corrected chi connectivity index (χ2v) is 9.85. The third kappa shape index (κ3) is 3.60. The number of halogens is 2. The number of anilines is 1. The predicted octanol–water partition coefficient (Wildman–Crippen LogP) is 3.85. The number of urea groups is 1. The first kappa shape index (κ1) is 19.6. The Balaban J connectivity index is 1.50. The van der Waals surface area contributed by atoms with E-state index in [1.807, 2.05) is 0 Å². The molecular formula is C19H22F2N6O2S. The molecule has 2 aromatic heterocycles. The van der Waals surface area contributed by atoms with Crippen molar-refractivity contribution in [2.24, 2.45) is 9.50 Å². The Labute approximate surface area is 172 Å². The van der Waals surface area contributed by atoms with E-state index < -0.39 is 22.5 Å². The number of nitrogens with one attached hydrogen (secondary N) is 1. The zero-order valence-corrected chi connectivity index (χ0v) is 17.0. The number of pyridine rings is 1. The number of aromatic nitrogens is 3. The van der Waals surface area contributed by atoms with Crippen molar-refractivity contribution in [3.05, 3.63) is 34.8 Å². The molecule has 0 unspecified atom stereocenters. The van der Waals surface area contributed by atoms with Gasteiger partial charge in [-0.15, -0.1) is 4.36 Å². The molecule has 5 rings (SSSR count). The van der Waals surface area contributed by atoms with Gasteiger partial charge in [0, 0.05) is 29.1 Å². The van der Waals surface area contributed by atoms with Gasteiger partial charge in [-0.05, 0) is 62.5 Å². The lowest BCUT2D eigenvalue weighted by Crippen LogP contribution is -2.20. The molecule has 3 aliphatic carbocycles.